The van der Waals surface area contributed by atoms with Crippen LogP contribution in [0.5, 0.6) is 0 Å². The molecule has 0 unspecified atom stereocenters. The molecule has 1 aliphatic carbocycles. The predicted octanol–water partition coefficient (Wildman–Crippen LogP) is 2.02. The van der Waals surface area contributed by atoms with Crippen LogP contribution in [0.4, 0.5) is 4.79 Å². The topological polar surface area (TPSA) is 32.3 Å². The zero-order chi connectivity index (χ0) is 10.4. The first kappa shape index (κ1) is 11.4. The Morgan fingerprint density at radius 1 is 1.50 bits per heavy atom. The fourth-order valence-electron chi connectivity index (χ4n) is 1.85. The summed E-state index contributed by atoms with van der Waals surface area (Å²) in [4.78, 5) is 13.2. The van der Waals surface area contributed by atoms with Crippen LogP contribution < -0.4 is 5.32 Å². The molecular formula is C10H20BN2O. The SMILES string of the molecule is CCCNC(=O)N(C)[B]C1CCCC1. The molecule has 0 saturated heterocycles. The van der Waals surface area contributed by atoms with Crippen LogP contribution in [0.25, 0.3) is 0 Å². The van der Waals surface area contributed by atoms with Crippen molar-refractivity contribution in [3.05, 3.63) is 0 Å². The molecule has 1 rings (SSSR count). The lowest BCUT2D eigenvalue weighted by Crippen LogP contribution is -2.40. The maximum Gasteiger partial charge on any atom is 0.304 e. The number of hydrogen-bond acceptors (Lipinski definition) is 1. The van der Waals surface area contributed by atoms with Gasteiger partial charge in [-0.25, -0.2) is 0 Å². The molecule has 0 atom stereocenters. The fraction of sp³-hybridized carbons (Fsp3) is 0.900. The second-order valence-corrected chi connectivity index (χ2v) is 4.04. The highest BCUT2D eigenvalue weighted by Gasteiger charge is 2.20. The average Bonchev–Trinajstić information content (AvgIpc) is 2.66. The number of carbonyl (C=O) groups is 1. The second-order valence-electron chi connectivity index (χ2n) is 4.04. The molecule has 1 radical (unpaired) electrons. The van der Waals surface area contributed by atoms with Crippen LogP contribution in [0, 0.1) is 0 Å². The van der Waals surface area contributed by atoms with Crippen molar-refractivity contribution < 1.29 is 4.79 Å². The summed E-state index contributed by atoms with van der Waals surface area (Å²) in [6.07, 6.45) is 6.09. The van der Waals surface area contributed by atoms with E-state index in [9.17, 15) is 4.79 Å². The molecule has 0 aliphatic heterocycles. The first-order valence-electron chi connectivity index (χ1n) is 5.59. The number of nitrogens with one attached hydrogen (secondary N) is 1. The first-order valence-corrected chi connectivity index (χ1v) is 5.59. The zero-order valence-corrected chi connectivity index (χ0v) is 9.25. The minimum absolute atomic E-state index is 0.0266. The van der Waals surface area contributed by atoms with Crippen LogP contribution in [0.2, 0.25) is 5.82 Å². The largest absolute Gasteiger partial charge is 0.376 e. The minimum Gasteiger partial charge on any atom is -0.376 e. The van der Waals surface area contributed by atoms with E-state index in [4.69, 9.17) is 0 Å². The normalized spacial score (nSPS) is 16.7. The molecule has 1 N–H and O–H groups in total. The molecule has 2 amide bonds. The molecule has 14 heavy (non-hydrogen) atoms. The Hall–Kier alpha value is -0.665. The predicted molar refractivity (Wildman–Crippen MR) is 59.4 cm³/mol. The van der Waals surface area contributed by atoms with Gasteiger partial charge in [-0.1, -0.05) is 32.6 Å². The van der Waals surface area contributed by atoms with Gasteiger partial charge in [0.25, 0.3) is 7.41 Å². The van der Waals surface area contributed by atoms with E-state index in [-0.39, 0.29) is 6.03 Å². The molecule has 1 saturated carbocycles. The van der Waals surface area contributed by atoms with Gasteiger partial charge >= 0.3 is 6.03 Å². The lowest BCUT2D eigenvalue weighted by Gasteiger charge is -2.19. The Morgan fingerprint density at radius 3 is 2.71 bits per heavy atom. The van der Waals surface area contributed by atoms with Crippen molar-refractivity contribution in [3.8, 4) is 0 Å². The van der Waals surface area contributed by atoms with Crippen LogP contribution in [0.15, 0.2) is 0 Å². The summed E-state index contributed by atoms with van der Waals surface area (Å²) in [5.74, 6) is 0.618. The molecule has 0 aromatic carbocycles. The van der Waals surface area contributed by atoms with Crippen molar-refractivity contribution in [2.24, 2.45) is 0 Å². The molecule has 0 spiro atoms. The maximum atomic E-state index is 11.5. The molecule has 3 nitrogen and oxygen atoms in total. The summed E-state index contributed by atoms with van der Waals surface area (Å²) >= 11 is 0. The van der Waals surface area contributed by atoms with Gasteiger partial charge in [0.1, 0.15) is 0 Å². The quantitative estimate of drug-likeness (QED) is 0.683. The summed E-state index contributed by atoms with van der Waals surface area (Å²) in [6.45, 7) is 2.82. The third-order valence-corrected chi connectivity index (χ3v) is 2.68. The standard InChI is InChI=1S/C10H20BN2O/c1-3-8-12-10(14)13(2)11-9-6-4-5-7-9/h9H,3-8H2,1-2H3,(H,12,14). The van der Waals surface area contributed by atoms with Crippen molar-refractivity contribution >= 4 is 13.4 Å². The molecular weight excluding hydrogens is 175 g/mol. The highest BCUT2D eigenvalue weighted by atomic mass is 16.2. The van der Waals surface area contributed by atoms with Crippen LogP contribution in [-0.2, 0) is 0 Å². The zero-order valence-electron chi connectivity index (χ0n) is 9.25. The van der Waals surface area contributed by atoms with Gasteiger partial charge in [-0.2, -0.15) is 0 Å². The molecule has 4 heteroatoms. The third-order valence-electron chi connectivity index (χ3n) is 2.68. The van der Waals surface area contributed by atoms with E-state index < -0.39 is 0 Å². The number of rotatable bonds is 4. The van der Waals surface area contributed by atoms with E-state index in [1.807, 2.05) is 7.05 Å². The van der Waals surface area contributed by atoms with Crippen molar-refractivity contribution in [2.45, 2.75) is 44.8 Å². The van der Waals surface area contributed by atoms with Gasteiger partial charge in [-0.05, 0) is 19.3 Å². The lowest BCUT2D eigenvalue weighted by atomic mass is 9.73. The van der Waals surface area contributed by atoms with Crippen LogP contribution in [-0.4, -0.2) is 31.8 Å². The number of hydrogen-bond donors (Lipinski definition) is 1. The van der Waals surface area contributed by atoms with Gasteiger partial charge in [0.15, 0.2) is 0 Å². The van der Waals surface area contributed by atoms with Crippen LogP contribution in [0.1, 0.15) is 39.0 Å². The van der Waals surface area contributed by atoms with Crippen molar-refractivity contribution in [1.29, 1.82) is 0 Å². The van der Waals surface area contributed by atoms with E-state index >= 15 is 0 Å². The Kier molecular flexibility index (Phi) is 4.84. The molecule has 1 fully saturated rings. The molecule has 0 aromatic heterocycles. The van der Waals surface area contributed by atoms with E-state index in [1.54, 1.807) is 4.81 Å². The maximum absolute atomic E-state index is 11.5. The average molecular weight is 195 g/mol. The van der Waals surface area contributed by atoms with Gasteiger partial charge in [-0.15, -0.1) is 0 Å². The smallest absolute Gasteiger partial charge is 0.304 e. The van der Waals surface area contributed by atoms with Crippen molar-refractivity contribution in [3.63, 3.8) is 0 Å². The molecule has 1 aliphatic rings. The molecule has 0 heterocycles. The van der Waals surface area contributed by atoms with E-state index in [1.165, 1.54) is 25.7 Å². The first-order chi connectivity index (χ1) is 6.74. The summed E-state index contributed by atoms with van der Waals surface area (Å²) in [7, 11) is 3.90. The Balaban J connectivity index is 2.18. The van der Waals surface area contributed by atoms with Crippen molar-refractivity contribution in [1.82, 2.24) is 10.1 Å². The van der Waals surface area contributed by atoms with E-state index in [0.29, 0.717) is 5.82 Å². The second kappa shape index (κ2) is 5.94. The monoisotopic (exact) mass is 195 g/mol. The number of amides is 2. The highest BCUT2D eigenvalue weighted by molar-refractivity contribution is 6.38. The lowest BCUT2D eigenvalue weighted by molar-refractivity contribution is 0.228. The van der Waals surface area contributed by atoms with E-state index in [2.05, 4.69) is 19.7 Å². The number of carbonyl (C=O) groups excluding carboxylic acids is 1. The van der Waals surface area contributed by atoms with Crippen molar-refractivity contribution in [2.75, 3.05) is 13.6 Å². The molecule has 0 bridgehead atoms. The highest BCUT2D eigenvalue weighted by Crippen LogP contribution is 2.29. The Bertz CT molecular complexity index is 181. The van der Waals surface area contributed by atoms with Crippen LogP contribution >= 0.6 is 0 Å². The number of urea groups is 1. The van der Waals surface area contributed by atoms with E-state index in [0.717, 1.165) is 13.0 Å². The van der Waals surface area contributed by atoms with Gasteiger partial charge in [0, 0.05) is 6.54 Å². The molecule has 0 aromatic rings. The number of nitrogens with zero attached hydrogens (tertiary/aromatic N) is 1. The van der Waals surface area contributed by atoms with Gasteiger partial charge in [-0.3, -0.25) is 4.79 Å². The summed E-state index contributed by atoms with van der Waals surface area (Å²) in [5, 5.41) is 2.86. The Labute approximate surface area is 87.5 Å². The van der Waals surface area contributed by atoms with Gasteiger partial charge in [0.05, 0.1) is 0 Å². The Morgan fingerprint density at radius 2 is 2.14 bits per heavy atom. The summed E-state index contributed by atoms with van der Waals surface area (Å²) in [5.41, 5.74) is 0. The minimum atomic E-state index is 0.0266. The van der Waals surface area contributed by atoms with Crippen LogP contribution in [0.3, 0.4) is 0 Å². The third kappa shape index (κ3) is 3.60. The van der Waals surface area contributed by atoms with Gasteiger partial charge < -0.3 is 10.1 Å². The summed E-state index contributed by atoms with van der Waals surface area (Å²) in [6, 6.07) is 0.0266. The fourth-order valence-corrected chi connectivity index (χ4v) is 1.85. The summed E-state index contributed by atoms with van der Waals surface area (Å²) < 4.78 is 0. The van der Waals surface area contributed by atoms with Gasteiger partial charge in [0.2, 0.25) is 0 Å². The molecule has 79 valence electrons.